The zero-order chi connectivity index (χ0) is 9.26. The average Bonchev–Trinajstić information content (AvgIpc) is 2.04. The lowest BCUT2D eigenvalue weighted by Gasteiger charge is -2.37. The number of nitrogens with one attached hydrogen (secondary N) is 1. The smallest absolute Gasteiger partial charge is 0.236 e. The van der Waals surface area contributed by atoms with E-state index < -0.39 is 0 Å². The van der Waals surface area contributed by atoms with E-state index in [0.29, 0.717) is 6.54 Å². The van der Waals surface area contributed by atoms with E-state index in [1.807, 2.05) is 11.9 Å². The minimum absolute atomic E-state index is 0.263. The molecule has 0 aromatic rings. The normalized spacial score (nSPS) is 26.2. The number of hydrogen-bond acceptors (Lipinski definition) is 3. The molecule has 0 atom stereocenters. The number of hydrogen-bond donors (Lipinski definition) is 1. The van der Waals surface area contributed by atoms with E-state index in [1.54, 1.807) is 0 Å². The predicted molar refractivity (Wildman–Crippen MR) is 50.4 cm³/mol. The molecular weight excluding hydrogens is 166 g/mol. The van der Waals surface area contributed by atoms with Crippen molar-refractivity contribution in [1.82, 2.24) is 15.1 Å². The zero-order valence-corrected chi connectivity index (χ0v) is 8.12. The highest BCUT2D eigenvalue weighted by atomic mass is 16.2. The Labute approximate surface area is 78.9 Å². The molecule has 0 saturated carbocycles. The van der Waals surface area contributed by atoms with E-state index in [-0.39, 0.29) is 5.91 Å². The molecule has 0 aromatic heterocycles. The van der Waals surface area contributed by atoms with Crippen LogP contribution in [-0.2, 0) is 4.79 Å². The van der Waals surface area contributed by atoms with E-state index in [1.165, 1.54) is 0 Å². The van der Waals surface area contributed by atoms with Crippen LogP contribution in [0.1, 0.15) is 0 Å². The van der Waals surface area contributed by atoms with E-state index in [4.69, 9.17) is 0 Å². The van der Waals surface area contributed by atoms with Crippen molar-refractivity contribution in [3.05, 3.63) is 0 Å². The number of likely N-dealkylation sites (N-methyl/N-ethyl adjacent to an activating group) is 1. The van der Waals surface area contributed by atoms with Crippen molar-refractivity contribution in [2.45, 2.75) is 0 Å². The molecule has 2 heterocycles. The van der Waals surface area contributed by atoms with Gasteiger partial charge in [0.2, 0.25) is 5.91 Å². The van der Waals surface area contributed by atoms with Gasteiger partial charge in [-0.15, -0.1) is 0 Å². The van der Waals surface area contributed by atoms with Crippen LogP contribution in [0.4, 0.5) is 0 Å². The highest BCUT2D eigenvalue weighted by molar-refractivity contribution is 5.78. The molecule has 0 aromatic carbocycles. The second kappa shape index (κ2) is 3.64. The van der Waals surface area contributed by atoms with Crippen LogP contribution in [0.15, 0.2) is 0 Å². The molecule has 0 spiro atoms. The Morgan fingerprint density at radius 3 is 2.77 bits per heavy atom. The van der Waals surface area contributed by atoms with Gasteiger partial charge in [0.25, 0.3) is 0 Å². The third-order valence-corrected chi connectivity index (χ3v) is 2.92. The fourth-order valence-electron chi connectivity index (χ4n) is 1.81. The molecule has 0 unspecified atom stereocenters. The largest absolute Gasteiger partial charge is 0.343 e. The molecule has 4 nitrogen and oxygen atoms in total. The first-order valence-corrected chi connectivity index (χ1v) is 4.93. The van der Waals surface area contributed by atoms with E-state index in [9.17, 15) is 4.79 Å². The molecule has 0 radical (unpaired) electrons. The molecular formula is C9H17N3O. The second-order valence-corrected chi connectivity index (χ2v) is 4.07. The van der Waals surface area contributed by atoms with Crippen LogP contribution in [0.25, 0.3) is 0 Å². The summed E-state index contributed by atoms with van der Waals surface area (Å²) < 4.78 is 0. The van der Waals surface area contributed by atoms with Crippen LogP contribution >= 0.6 is 0 Å². The van der Waals surface area contributed by atoms with Crippen molar-refractivity contribution in [3.63, 3.8) is 0 Å². The minimum Gasteiger partial charge on any atom is -0.343 e. The highest BCUT2D eigenvalue weighted by Gasteiger charge is 2.25. The molecule has 2 fully saturated rings. The monoisotopic (exact) mass is 183 g/mol. The molecule has 4 heteroatoms. The average molecular weight is 183 g/mol. The van der Waals surface area contributed by atoms with Crippen molar-refractivity contribution in [1.29, 1.82) is 0 Å². The summed E-state index contributed by atoms with van der Waals surface area (Å²) in [5, 5.41) is 3.25. The maximum atomic E-state index is 11.4. The Kier molecular flexibility index (Phi) is 2.51. The number of nitrogens with zero attached hydrogens (tertiary/aromatic N) is 2. The van der Waals surface area contributed by atoms with E-state index in [0.717, 1.165) is 38.6 Å². The second-order valence-electron chi connectivity index (χ2n) is 4.07. The van der Waals surface area contributed by atoms with Gasteiger partial charge in [-0.05, 0) is 5.92 Å². The summed E-state index contributed by atoms with van der Waals surface area (Å²) >= 11 is 0. The summed E-state index contributed by atoms with van der Waals surface area (Å²) in [4.78, 5) is 15.4. The van der Waals surface area contributed by atoms with Crippen LogP contribution in [0.2, 0.25) is 0 Å². The number of carbonyl (C=O) groups excluding carboxylic acids is 1. The molecule has 2 rings (SSSR count). The molecule has 1 amide bonds. The molecule has 2 aliphatic rings. The lowest BCUT2D eigenvalue weighted by atomic mass is 10.0. The van der Waals surface area contributed by atoms with Gasteiger partial charge in [-0.1, -0.05) is 0 Å². The lowest BCUT2D eigenvalue weighted by Crippen LogP contribution is -2.54. The lowest BCUT2D eigenvalue weighted by molar-refractivity contribution is -0.134. The first-order valence-electron chi connectivity index (χ1n) is 4.93. The van der Waals surface area contributed by atoms with Gasteiger partial charge < -0.3 is 10.2 Å². The van der Waals surface area contributed by atoms with Gasteiger partial charge in [-0.2, -0.15) is 0 Å². The molecule has 2 aliphatic heterocycles. The zero-order valence-electron chi connectivity index (χ0n) is 8.12. The molecule has 1 N–H and O–H groups in total. The fraction of sp³-hybridized carbons (Fsp3) is 0.889. The van der Waals surface area contributed by atoms with Gasteiger partial charge in [-0.3, -0.25) is 9.69 Å². The van der Waals surface area contributed by atoms with E-state index in [2.05, 4.69) is 10.2 Å². The maximum Gasteiger partial charge on any atom is 0.236 e. The SMILES string of the molecule is CN1CCN(CC2CNC2)CC1=O. The molecule has 74 valence electrons. The van der Waals surface area contributed by atoms with Crippen molar-refractivity contribution < 1.29 is 4.79 Å². The number of amides is 1. The fourth-order valence-corrected chi connectivity index (χ4v) is 1.81. The Morgan fingerprint density at radius 2 is 2.23 bits per heavy atom. The van der Waals surface area contributed by atoms with Crippen LogP contribution in [0, 0.1) is 5.92 Å². The predicted octanol–water partition coefficient (Wildman–Crippen LogP) is -1.02. The van der Waals surface area contributed by atoms with Crippen molar-refractivity contribution >= 4 is 5.91 Å². The van der Waals surface area contributed by atoms with Gasteiger partial charge in [-0.25, -0.2) is 0 Å². The summed E-state index contributed by atoms with van der Waals surface area (Å²) in [6.45, 7) is 5.89. The van der Waals surface area contributed by atoms with Crippen molar-refractivity contribution in [2.24, 2.45) is 5.92 Å². The Balaban J connectivity index is 1.77. The quantitative estimate of drug-likeness (QED) is 0.595. The number of carbonyl (C=O) groups is 1. The molecule has 2 saturated heterocycles. The third kappa shape index (κ3) is 2.00. The summed E-state index contributed by atoms with van der Waals surface area (Å²) in [5.41, 5.74) is 0. The minimum atomic E-state index is 0.263. The van der Waals surface area contributed by atoms with E-state index >= 15 is 0 Å². The summed E-state index contributed by atoms with van der Waals surface area (Å²) in [7, 11) is 1.88. The van der Waals surface area contributed by atoms with Crippen LogP contribution < -0.4 is 5.32 Å². The molecule has 0 aliphatic carbocycles. The Bertz CT molecular complexity index is 203. The van der Waals surface area contributed by atoms with Gasteiger partial charge >= 0.3 is 0 Å². The topological polar surface area (TPSA) is 35.6 Å². The van der Waals surface area contributed by atoms with Crippen LogP contribution in [-0.4, -0.2) is 62.0 Å². The van der Waals surface area contributed by atoms with Gasteiger partial charge in [0.15, 0.2) is 0 Å². The van der Waals surface area contributed by atoms with Crippen LogP contribution in [0.3, 0.4) is 0 Å². The summed E-state index contributed by atoms with van der Waals surface area (Å²) in [5.74, 6) is 1.04. The first-order chi connectivity index (χ1) is 6.25. The van der Waals surface area contributed by atoms with Crippen molar-refractivity contribution in [3.8, 4) is 0 Å². The third-order valence-electron chi connectivity index (χ3n) is 2.92. The molecule has 0 bridgehead atoms. The first kappa shape index (κ1) is 8.97. The highest BCUT2D eigenvalue weighted by Crippen LogP contribution is 2.08. The number of rotatable bonds is 2. The Hall–Kier alpha value is -0.610. The van der Waals surface area contributed by atoms with Gasteiger partial charge in [0, 0.05) is 39.8 Å². The van der Waals surface area contributed by atoms with Gasteiger partial charge in [0.05, 0.1) is 6.54 Å². The molecule has 13 heavy (non-hydrogen) atoms. The van der Waals surface area contributed by atoms with Crippen molar-refractivity contribution in [2.75, 3.05) is 46.3 Å². The van der Waals surface area contributed by atoms with Crippen LogP contribution in [0.5, 0.6) is 0 Å². The van der Waals surface area contributed by atoms with Gasteiger partial charge in [0.1, 0.15) is 0 Å². The maximum absolute atomic E-state index is 11.4. The Morgan fingerprint density at radius 1 is 1.46 bits per heavy atom. The summed E-state index contributed by atoms with van der Waals surface area (Å²) in [6, 6.07) is 0. The summed E-state index contributed by atoms with van der Waals surface area (Å²) in [6.07, 6.45) is 0. The number of piperazine rings is 1. The standard InChI is InChI=1S/C9H17N3O/c1-11-2-3-12(7-9(11)13)6-8-4-10-5-8/h8,10H,2-7H2,1H3.